The van der Waals surface area contributed by atoms with Gasteiger partial charge < -0.3 is 9.32 Å². The number of anilines is 3. The van der Waals surface area contributed by atoms with Crippen molar-refractivity contribution in [3.05, 3.63) is 198 Å². The zero-order valence-electron chi connectivity index (χ0n) is 27.0. The molecule has 234 valence electrons. The van der Waals surface area contributed by atoms with Crippen LogP contribution in [0, 0.1) is 0 Å². The molecule has 2 aliphatic rings. The lowest BCUT2D eigenvalue weighted by atomic mass is 9.59. The monoisotopic (exact) mass is 655 g/mol. The first-order valence-electron chi connectivity index (χ1n) is 17.1. The van der Waals surface area contributed by atoms with Crippen molar-refractivity contribution in [1.29, 1.82) is 0 Å². The van der Waals surface area contributed by atoms with Gasteiger partial charge in [0.15, 0.2) is 0 Å². The lowest BCUT2D eigenvalue weighted by molar-refractivity contribution is 0.669. The summed E-state index contributed by atoms with van der Waals surface area (Å²) >= 11 is 1.88. The van der Waals surface area contributed by atoms with E-state index in [1.807, 2.05) is 23.9 Å². The molecule has 0 fully saturated rings. The van der Waals surface area contributed by atoms with Crippen LogP contribution in [0.3, 0.4) is 0 Å². The molecular formula is C47H29NOS. The van der Waals surface area contributed by atoms with Gasteiger partial charge in [-0.2, -0.15) is 0 Å². The fourth-order valence-electron chi connectivity index (χ4n) is 8.69. The van der Waals surface area contributed by atoms with E-state index in [0.717, 1.165) is 39.0 Å². The SMILES string of the molecule is c1ccc(N(c2ccc3c(c2)C2(c4ccccc4S3)c3ccccc3-c3cccc4cccc2c34)c2ccc3c(c2)oc2ccccc23)cc1. The average Bonchev–Trinajstić information content (AvgIpc) is 3.55. The molecule has 2 heterocycles. The highest BCUT2D eigenvalue weighted by Crippen LogP contribution is 2.61. The first-order chi connectivity index (χ1) is 24.8. The highest BCUT2D eigenvalue weighted by atomic mass is 32.2. The Morgan fingerprint density at radius 1 is 0.420 bits per heavy atom. The average molecular weight is 656 g/mol. The summed E-state index contributed by atoms with van der Waals surface area (Å²) < 4.78 is 6.41. The molecule has 0 radical (unpaired) electrons. The van der Waals surface area contributed by atoms with E-state index in [4.69, 9.17) is 4.42 Å². The maximum absolute atomic E-state index is 6.41. The number of fused-ring (bicyclic) bond motifs is 11. The van der Waals surface area contributed by atoms with Gasteiger partial charge in [-0.3, -0.25) is 0 Å². The molecule has 0 bridgehead atoms. The molecular weight excluding hydrogens is 627 g/mol. The standard InChI is InChI=1S/C47H29NOS/c1-2-14-31(15-3-1)48(33-24-26-36-35-17-5-8-22-42(35)49-43(36)29-33)32-25-27-45-41(28-32)47(39-20-7-9-23-44(39)50-45)38-19-6-4-16-34(38)37-18-10-12-30-13-11-21-40(47)46(30)37/h1-29H. The zero-order valence-corrected chi connectivity index (χ0v) is 27.8. The quantitative estimate of drug-likeness (QED) is 0.188. The number of benzene rings is 8. The van der Waals surface area contributed by atoms with E-state index < -0.39 is 5.41 Å². The second-order valence-corrected chi connectivity index (χ2v) is 14.3. The smallest absolute Gasteiger partial charge is 0.137 e. The van der Waals surface area contributed by atoms with Gasteiger partial charge in [0.1, 0.15) is 11.2 Å². The Labute approximate surface area is 294 Å². The minimum atomic E-state index is -0.511. The number of para-hydroxylation sites is 2. The molecule has 1 unspecified atom stereocenters. The van der Waals surface area contributed by atoms with Crippen LogP contribution < -0.4 is 4.90 Å². The Morgan fingerprint density at radius 3 is 2.00 bits per heavy atom. The lowest BCUT2D eigenvalue weighted by Crippen LogP contribution is -2.36. The van der Waals surface area contributed by atoms with Crippen LogP contribution in [0.15, 0.2) is 190 Å². The molecule has 0 N–H and O–H groups in total. The van der Waals surface area contributed by atoms with Gasteiger partial charge in [0.2, 0.25) is 0 Å². The van der Waals surface area contributed by atoms with Crippen LogP contribution in [0.5, 0.6) is 0 Å². The molecule has 0 saturated carbocycles. The summed E-state index contributed by atoms with van der Waals surface area (Å²) in [6.45, 7) is 0. The second kappa shape index (κ2) is 10.5. The number of hydrogen-bond donors (Lipinski definition) is 0. The van der Waals surface area contributed by atoms with Gasteiger partial charge in [-0.1, -0.05) is 127 Å². The largest absolute Gasteiger partial charge is 0.456 e. The summed E-state index contributed by atoms with van der Waals surface area (Å²) in [6, 6.07) is 64.4. The van der Waals surface area contributed by atoms with Crippen molar-refractivity contribution in [2.45, 2.75) is 15.2 Å². The van der Waals surface area contributed by atoms with Gasteiger partial charge in [-0.25, -0.2) is 0 Å². The Hall–Kier alpha value is -6.03. The third-order valence-electron chi connectivity index (χ3n) is 10.7. The van der Waals surface area contributed by atoms with Crippen LogP contribution in [-0.2, 0) is 5.41 Å². The van der Waals surface area contributed by atoms with Gasteiger partial charge in [0, 0.05) is 43.7 Å². The third kappa shape index (κ3) is 3.76. The molecule has 50 heavy (non-hydrogen) atoms. The molecule has 11 rings (SSSR count). The minimum Gasteiger partial charge on any atom is -0.456 e. The van der Waals surface area contributed by atoms with Crippen LogP contribution in [0.25, 0.3) is 43.8 Å². The number of furan rings is 1. The van der Waals surface area contributed by atoms with Gasteiger partial charge in [-0.15, -0.1) is 0 Å². The van der Waals surface area contributed by atoms with Gasteiger partial charge in [0.05, 0.1) is 5.41 Å². The molecule has 3 heteroatoms. The third-order valence-corrected chi connectivity index (χ3v) is 11.9. The van der Waals surface area contributed by atoms with E-state index in [2.05, 4.69) is 169 Å². The van der Waals surface area contributed by atoms with Crippen molar-refractivity contribution < 1.29 is 4.42 Å². The zero-order chi connectivity index (χ0) is 32.8. The molecule has 1 aliphatic heterocycles. The van der Waals surface area contributed by atoms with Crippen LogP contribution in [-0.4, -0.2) is 0 Å². The summed E-state index contributed by atoms with van der Waals surface area (Å²) in [5.41, 5.74) is 12.4. The molecule has 1 aliphatic carbocycles. The molecule has 2 nitrogen and oxygen atoms in total. The van der Waals surface area contributed by atoms with E-state index in [0.29, 0.717) is 0 Å². The number of rotatable bonds is 3. The fourth-order valence-corrected chi connectivity index (χ4v) is 9.87. The molecule has 0 amide bonds. The second-order valence-electron chi connectivity index (χ2n) is 13.2. The molecule has 1 spiro atoms. The Kier molecular flexibility index (Phi) is 5.84. The van der Waals surface area contributed by atoms with E-state index in [1.54, 1.807) is 0 Å². The number of nitrogens with zero attached hydrogens (tertiary/aromatic N) is 1. The van der Waals surface area contributed by atoms with Gasteiger partial charge >= 0.3 is 0 Å². The normalized spacial score (nSPS) is 15.6. The van der Waals surface area contributed by atoms with Crippen molar-refractivity contribution in [1.82, 2.24) is 0 Å². The molecule has 8 aromatic carbocycles. The van der Waals surface area contributed by atoms with Crippen molar-refractivity contribution in [3.8, 4) is 11.1 Å². The highest BCUT2D eigenvalue weighted by molar-refractivity contribution is 7.99. The summed E-state index contributed by atoms with van der Waals surface area (Å²) in [5.74, 6) is 0. The first-order valence-corrected chi connectivity index (χ1v) is 17.9. The van der Waals surface area contributed by atoms with E-state index >= 15 is 0 Å². The maximum atomic E-state index is 6.41. The summed E-state index contributed by atoms with van der Waals surface area (Å²) in [5, 5.41) is 4.87. The predicted molar refractivity (Wildman–Crippen MR) is 207 cm³/mol. The maximum Gasteiger partial charge on any atom is 0.137 e. The highest BCUT2D eigenvalue weighted by Gasteiger charge is 2.48. The topological polar surface area (TPSA) is 16.4 Å². The Balaban J connectivity index is 1.22. The van der Waals surface area contributed by atoms with Crippen LogP contribution in [0.1, 0.15) is 22.3 Å². The van der Waals surface area contributed by atoms with Crippen molar-refractivity contribution in [2.75, 3.05) is 4.90 Å². The van der Waals surface area contributed by atoms with Crippen molar-refractivity contribution >= 4 is 61.5 Å². The fraction of sp³-hybridized carbons (Fsp3) is 0.0213. The predicted octanol–water partition coefficient (Wildman–Crippen LogP) is 13.0. The van der Waals surface area contributed by atoms with E-state index in [1.165, 1.54) is 53.9 Å². The number of hydrogen-bond acceptors (Lipinski definition) is 3. The minimum absolute atomic E-state index is 0.511. The van der Waals surface area contributed by atoms with E-state index in [-0.39, 0.29) is 0 Å². The first kappa shape index (κ1) is 27.9. The van der Waals surface area contributed by atoms with Crippen molar-refractivity contribution in [2.24, 2.45) is 0 Å². The van der Waals surface area contributed by atoms with Crippen LogP contribution in [0.4, 0.5) is 17.1 Å². The van der Waals surface area contributed by atoms with Crippen LogP contribution >= 0.6 is 11.8 Å². The molecule has 1 atom stereocenters. The van der Waals surface area contributed by atoms with Gasteiger partial charge in [0.25, 0.3) is 0 Å². The summed E-state index contributed by atoms with van der Waals surface area (Å²) in [6.07, 6.45) is 0. The molecule has 1 aromatic heterocycles. The van der Waals surface area contributed by atoms with Gasteiger partial charge in [-0.05, 0) is 98.8 Å². The summed E-state index contributed by atoms with van der Waals surface area (Å²) in [7, 11) is 0. The van der Waals surface area contributed by atoms with Crippen LogP contribution in [0.2, 0.25) is 0 Å². The summed E-state index contributed by atoms with van der Waals surface area (Å²) in [4.78, 5) is 4.95. The molecule has 9 aromatic rings. The Morgan fingerprint density at radius 2 is 1.08 bits per heavy atom. The van der Waals surface area contributed by atoms with Crippen molar-refractivity contribution in [3.63, 3.8) is 0 Å². The molecule has 0 saturated heterocycles. The lowest BCUT2D eigenvalue weighted by Gasteiger charge is -2.46. The van der Waals surface area contributed by atoms with E-state index in [9.17, 15) is 0 Å². The Bertz CT molecular complexity index is 2810.